The van der Waals surface area contributed by atoms with Crippen molar-refractivity contribution in [2.24, 2.45) is 5.14 Å². The minimum absolute atomic E-state index is 0.0293. The van der Waals surface area contributed by atoms with Gasteiger partial charge in [0, 0.05) is 5.69 Å². The molecular formula is C18H16N4O5S. The molecule has 0 aliphatic rings. The summed E-state index contributed by atoms with van der Waals surface area (Å²) in [5.41, 5.74) is 1.78. The molecule has 0 aliphatic carbocycles. The summed E-state index contributed by atoms with van der Waals surface area (Å²) in [6.07, 6.45) is 1.26. The zero-order valence-corrected chi connectivity index (χ0v) is 15.6. The first-order valence-corrected chi connectivity index (χ1v) is 9.61. The smallest absolute Gasteiger partial charge is 0.359 e. The molecular weight excluding hydrogens is 384 g/mol. The molecule has 144 valence electrons. The van der Waals surface area contributed by atoms with Crippen molar-refractivity contribution in [3.63, 3.8) is 0 Å². The van der Waals surface area contributed by atoms with Crippen LogP contribution in [0.15, 0.2) is 53.6 Å². The molecule has 3 rings (SSSR count). The molecule has 0 spiro atoms. The molecule has 3 aromatic rings. The van der Waals surface area contributed by atoms with Crippen LogP contribution in [0.1, 0.15) is 16.1 Å². The number of fused-ring (bicyclic) bond motifs is 1. The molecule has 9 nitrogen and oxygen atoms in total. The van der Waals surface area contributed by atoms with Crippen molar-refractivity contribution in [3.05, 3.63) is 59.9 Å². The van der Waals surface area contributed by atoms with E-state index < -0.39 is 28.5 Å². The molecule has 0 fully saturated rings. The van der Waals surface area contributed by atoms with Crippen LogP contribution < -0.4 is 10.5 Å². The first-order chi connectivity index (χ1) is 13.2. The number of rotatable bonds is 5. The maximum Gasteiger partial charge on any atom is 0.359 e. The van der Waals surface area contributed by atoms with E-state index in [1.807, 2.05) is 0 Å². The van der Waals surface area contributed by atoms with E-state index in [1.165, 1.54) is 24.4 Å². The van der Waals surface area contributed by atoms with Gasteiger partial charge in [-0.2, -0.15) is 0 Å². The fourth-order valence-electron chi connectivity index (χ4n) is 2.44. The van der Waals surface area contributed by atoms with Gasteiger partial charge in [0.15, 0.2) is 12.3 Å². The number of carbonyl (C=O) groups is 2. The lowest BCUT2D eigenvalue weighted by atomic mass is 10.2. The van der Waals surface area contributed by atoms with Crippen molar-refractivity contribution in [2.45, 2.75) is 11.8 Å². The molecule has 1 heterocycles. The monoisotopic (exact) mass is 400 g/mol. The Morgan fingerprint density at radius 1 is 1.14 bits per heavy atom. The third-order valence-electron chi connectivity index (χ3n) is 3.77. The van der Waals surface area contributed by atoms with Crippen LogP contribution in [0.2, 0.25) is 0 Å². The van der Waals surface area contributed by atoms with Crippen LogP contribution >= 0.6 is 0 Å². The summed E-state index contributed by atoms with van der Waals surface area (Å²) in [6.45, 7) is 1.00. The Kier molecular flexibility index (Phi) is 5.34. The fraction of sp³-hybridized carbons (Fsp3) is 0.111. The lowest BCUT2D eigenvalue weighted by molar-refractivity contribution is -0.119. The molecule has 0 radical (unpaired) electrons. The summed E-state index contributed by atoms with van der Waals surface area (Å²) in [5.74, 6) is -1.45. The second-order valence-corrected chi connectivity index (χ2v) is 7.42. The van der Waals surface area contributed by atoms with Gasteiger partial charge in [-0.3, -0.25) is 9.78 Å². The number of carbonyl (C=O) groups excluding carboxylic acids is 2. The third kappa shape index (κ3) is 4.48. The van der Waals surface area contributed by atoms with E-state index in [0.717, 1.165) is 0 Å². The average Bonchev–Trinajstić information content (AvgIpc) is 2.66. The van der Waals surface area contributed by atoms with Crippen LogP contribution in [-0.4, -0.2) is 36.9 Å². The third-order valence-corrected chi connectivity index (χ3v) is 4.82. The van der Waals surface area contributed by atoms with Crippen molar-refractivity contribution < 1.29 is 22.7 Å². The van der Waals surface area contributed by atoms with Gasteiger partial charge in [0.2, 0.25) is 10.0 Å². The second-order valence-electron chi connectivity index (χ2n) is 5.89. The quantitative estimate of drug-likeness (QED) is 0.616. The van der Waals surface area contributed by atoms with Crippen molar-refractivity contribution in [2.75, 3.05) is 11.9 Å². The van der Waals surface area contributed by atoms with E-state index in [-0.39, 0.29) is 16.3 Å². The number of ether oxygens (including phenoxy) is 1. The Bertz CT molecular complexity index is 1180. The highest BCUT2D eigenvalue weighted by molar-refractivity contribution is 7.89. The van der Waals surface area contributed by atoms with E-state index >= 15 is 0 Å². The van der Waals surface area contributed by atoms with Gasteiger partial charge < -0.3 is 10.1 Å². The van der Waals surface area contributed by atoms with Crippen LogP contribution in [0.3, 0.4) is 0 Å². The maximum atomic E-state index is 12.1. The van der Waals surface area contributed by atoms with Crippen LogP contribution in [0, 0.1) is 6.92 Å². The van der Waals surface area contributed by atoms with E-state index in [4.69, 9.17) is 9.88 Å². The standard InChI is InChI=1S/C18H16N4O5S/c1-11-6-7-12(8-16(11)28(19,25)26)21-17(23)10-27-18(24)15-9-20-13-4-2-3-5-14(13)22-15/h2-9H,10H2,1H3,(H,21,23)(H2,19,25,26). The summed E-state index contributed by atoms with van der Waals surface area (Å²) in [7, 11) is -3.92. The summed E-state index contributed by atoms with van der Waals surface area (Å²) in [6, 6.07) is 11.3. The Balaban J connectivity index is 1.64. The largest absolute Gasteiger partial charge is 0.451 e. The van der Waals surface area contributed by atoms with Gasteiger partial charge in [0.25, 0.3) is 5.91 Å². The normalized spacial score (nSPS) is 11.2. The van der Waals surface area contributed by atoms with Crippen LogP contribution in [0.25, 0.3) is 11.0 Å². The van der Waals surface area contributed by atoms with Crippen molar-refractivity contribution in [1.82, 2.24) is 9.97 Å². The molecule has 0 atom stereocenters. The average molecular weight is 400 g/mol. The van der Waals surface area contributed by atoms with Gasteiger partial charge in [-0.05, 0) is 36.8 Å². The number of nitrogens with one attached hydrogen (secondary N) is 1. The molecule has 0 bridgehead atoms. The molecule has 28 heavy (non-hydrogen) atoms. The van der Waals surface area contributed by atoms with E-state index in [1.54, 1.807) is 31.2 Å². The maximum absolute atomic E-state index is 12.1. The first-order valence-electron chi connectivity index (χ1n) is 8.06. The Morgan fingerprint density at radius 3 is 2.57 bits per heavy atom. The van der Waals surface area contributed by atoms with Crippen LogP contribution in [-0.2, 0) is 19.6 Å². The highest BCUT2D eigenvalue weighted by Crippen LogP contribution is 2.19. The SMILES string of the molecule is Cc1ccc(NC(=O)COC(=O)c2cnc3ccccc3n2)cc1S(N)(=O)=O. The summed E-state index contributed by atoms with van der Waals surface area (Å²) in [5, 5.41) is 7.58. The topological polar surface area (TPSA) is 141 Å². The zero-order chi connectivity index (χ0) is 20.3. The highest BCUT2D eigenvalue weighted by atomic mass is 32.2. The number of aryl methyl sites for hydroxylation is 1. The minimum atomic E-state index is -3.92. The lowest BCUT2D eigenvalue weighted by Crippen LogP contribution is -2.22. The van der Waals surface area contributed by atoms with E-state index in [2.05, 4.69) is 15.3 Å². The molecule has 0 saturated carbocycles. The molecule has 0 unspecified atom stereocenters. The van der Waals surface area contributed by atoms with Gasteiger partial charge in [-0.15, -0.1) is 0 Å². The number of nitrogens with two attached hydrogens (primary N) is 1. The first kappa shape index (κ1) is 19.4. The van der Waals surface area contributed by atoms with Gasteiger partial charge in [0.1, 0.15) is 0 Å². The molecule has 0 aliphatic heterocycles. The lowest BCUT2D eigenvalue weighted by Gasteiger charge is -2.09. The zero-order valence-electron chi connectivity index (χ0n) is 14.7. The summed E-state index contributed by atoms with van der Waals surface area (Å²) in [4.78, 5) is 32.2. The van der Waals surface area contributed by atoms with Crippen LogP contribution in [0.4, 0.5) is 5.69 Å². The number of esters is 1. The number of hydrogen-bond donors (Lipinski definition) is 2. The molecule has 0 saturated heterocycles. The van der Waals surface area contributed by atoms with Crippen molar-refractivity contribution in [3.8, 4) is 0 Å². The highest BCUT2D eigenvalue weighted by Gasteiger charge is 2.15. The number of primary sulfonamides is 1. The van der Waals surface area contributed by atoms with Gasteiger partial charge in [-0.25, -0.2) is 23.3 Å². The molecule has 3 N–H and O–H groups in total. The molecule has 1 amide bonds. The number of sulfonamides is 1. The molecule has 1 aromatic heterocycles. The number of nitrogens with zero attached hydrogens (tertiary/aromatic N) is 2. The number of hydrogen-bond acceptors (Lipinski definition) is 7. The number of para-hydroxylation sites is 2. The van der Waals surface area contributed by atoms with Crippen molar-refractivity contribution >= 4 is 38.6 Å². The van der Waals surface area contributed by atoms with E-state index in [0.29, 0.717) is 16.6 Å². The second kappa shape index (κ2) is 7.71. The van der Waals surface area contributed by atoms with Crippen LogP contribution in [0.5, 0.6) is 0 Å². The number of benzene rings is 2. The Labute approximate surface area is 160 Å². The fourth-order valence-corrected chi connectivity index (χ4v) is 3.25. The number of anilines is 1. The van der Waals surface area contributed by atoms with Gasteiger partial charge >= 0.3 is 5.97 Å². The summed E-state index contributed by atoms with van der Waals surface area (Å²) < 4.78 is 28.0. The summed E-state index contributed by atoms with van der Waals surface area (Å²) >= 11 is 0. The van der Waals surface area contributed by atoms with Gasteiger partial charge in [-0.1, -0.05) is 18.2 Å². The van der Waals surface area contributed by atoms with Crippen molar-refractivity contribution in [1.29, 1.82) is 0 Å². The minimum Gasteiger partial charge on any atom is -0.451 e. The Morgan fingerprint density at radius 2 is 1.86 bits per heavy atom. The number of aromatic nitrogens is 2. The van der Waals surface area contributed by atoms with Gasteiger partial charge in [0.05, 0.1) is 22.1 Å². The van der Waals surface area contributed by atoms with E-state index in [9.17, 15) is 18.0 Å². The Hall–Kier alpha value is -3.37. The molecule has 2 aromatic carbocycles. The number of amides is 1. The molecule has 10 heteroatoms. The predicted molar refractivity (Wildman–Crippen MR) is 101 cm³/mol. The predicted octanol–water partition coefficient (Wildman–Crippen LogP) is 1.38.